The Hall–Kier alpha value is -1.98. The molecule has 0 fully saturated rings. The molecule has 0 radical (unpaired) electrons. The van der Waals surface area contributed by atoms with Gasteiger partial charge in [-0.05, 0) is 22.4 Å². The molecule has 1 heterocycles. The van der Waals surface area contributed by atoms with Gasteiger partial charge in [-0.1, -0.05) is 6.92 Å². The molecular weight excluding hydrogens is 198 g/mol. The fourth-order valence-electron chi connectivity index (χ4n) is 1.19. The van der Waals surface area contributed by atoms with Gasteiger partial charge in [0.1, 0.15) is 0 Å². The minimum Gasteiger partial charge on any atom is -0.366 e. The van der Waals surface area contributed by atoms with Crippen LogP contribution in [-0.2, 0) is 6.42 Å². The van der Waals surface area contributed by atoms with E-state index in [1.807, 2.05) is 6.92 Å². The van der Waals surface area contributed by atoms with Crippen LogP contribution in [0.1, 0.15) is 29.4 Å². The molecule has 0 atom stereocenters. The molecule has 80 valence electrons. The monoisotopic (exact) mass is 209 g/mol. The van der Waals surface area contributed by atoms with Crippen molar-refractivity contribution in [2.75, 3.05) is 0 Å². The van der Waals surface area contributed by atoms with Crippen molar-refractivity contribution in [1.29, 1.82) is 0 Å². The van der Waals surface area contributed by atoms with Gasteiger partial charge in [-0.2, -0.15) is 0 Å². The zero-order chi connectivity index (χ0) is 11.4. The molecule has 0 aromatic carbocycles. The highest BCUT2D eigenvalue weighted by Crippen LogP contribution is 2.13. The molecule has 0 aliphatic heterocycles. The highest BCUT2D eigenvalue weighted by atomic mass is 16.6. The molecule has 0 saturated carbocycles. The molecule has 1 amide bonds. The van der Waals surface area contributed by atoms with Gasteiger partial charge in [-0.25, -0.2) is 0 Å². The van der Waals surface area contributed by atoms with Gasteiger partial charge in [0.2, 0.25) is 5.91 Å². The molecule has 2 N–H and O–H groups in total. The Balaban J connectivity index is 3.19. The van der Waals surface area contributed by atoms with Crippen LogP contribution in [0.5, 0.6) is 0 Å². The fraction of sp³-hybridized carbons (Fsp3) is 0.333. The first-order chi connectivity index (χ1) is 7.04. The number of amides is 1. The average molecular weight is 209 g/mol. The van der Waals surface area contributed by atoms with Crippen molar-refractivity contribution < 1.29 is 9.72 Å². The van der Waals surface area contributed by atoms with E-state index in [9.17, 15) is 14.9 Å². The Morgan fingerprint density at radius 2 is 2.27 bits per heavy atom. The lowest BCUT2D eigenvalue weighted by Crippen LogP contribution is -2.12. The highest BCUT2D eigenvalue weighted by molar-refractivity contribution is 5.93. The number of hydrogen-bond donors (Lipinski definition) is 1. The van der Waals surface area contributed by atoms with Gasteiger partial charge in [0.05, 0.1) is 5.56 Å². The molecule has 15 heavy (non-hydrogen) atoms. The van der Waals surface area contributed by atoms with Gasteiger partial charge < -0.3 is 15.8 Å². The maximum atomic E-state index is 10.9. The molecular formula is C9H11N3O3. The van der Waals surface area contributed by atoms with Crippen LogP contribution in [-0.4, -0.2) is 15.8 Å². The second-order valence-electron chi connectivity index (χ2n) is 3.08. The molecule has 0 aliphatic carbocycles. The summed E-state index contributed by atoms with van der Waals surface area (Å²) in [7, 11) is 0. The van der Waals surface area contributed by atoms with Crippen LogP contribution in [0, 0.1) is 10.1 Å². The average Bonchev–Trinajstić information content (AvgIpc) is 2.17. The minimum absolute atomic E-state index is 0.125. The number of pyridine rings is 1. The second-order valence-corrected chi connectivity index (χ2v) is 3.08. The van der Waals surface area contributed by atoms with Crippen molar-refractivity contribution in [2.45, 2.75) is 19.8 Å². The van der Waals surface area contributed by atoms with Crippen LogP contribution in [0.25, 0.3) is 0 Å². The van der Waals surface area contributed by atoms with Crippen LogP contribution in [0.3, 0.4) is 0 Å². The third-order valence-corrected chi connectivity index (χ3v) is 1.84. The van der Waals surface area contributed by atoms with Crippen LogP contribution >= 0.6 is 0 Å². The smallest absolute Gasteiger partial charge is 0.364 e. The number of nitrogens with two attached hydrogens (primary N) is 1. The number of primary amides is 1. The van der Waals surface area contributed by atoms with Crippen molar-refractivity contribution in [2.24, 2.45) is 5.73 Å². The Morgan fingerprint density at radius 1 is 1.60 bits per heavy atom. The number of rotatable bonds is 4. The van der Waals surface area contributed by atoms with E-state index in [0.717, 1.165) is 12.5 Å². The molecule has 0 aliphatic rings. The van der Waals surface area contributed by atoms with Gasteiger partial charge in [-0.15, -0.1) is 0 Å². The summed E-state index contributed by atoms with van der Waals surface area (Å²) < 4.78 is 0. The number of nitro groups is 1. The topological polar surface area (TPSA) is 99.1 Å². The van der Waals surface area contributed by atoms with Crippen LogP contribution in [0.15, 0.2) is 12.1 Å². The lowest BCUT2D eigenvalue weighted by molar-refractivity contribution is -0.389. The van der Waals surface area contributed by atoms with Crippen molar-refractivity contribution in [3.05, 3.63) is 33.5 Å². The van der Waals surface area contributed by atoms with Crippen molar-refractivity contribution >= 4 is 11.7 Å². The summed E-state index contributed by atoms with van der Waals surface area (Å²) in [4.78, 5) is 24.6. The summed E-state index contributed by atoms with van der Waals surface area (Å²) >= 11 is 0. The summed E-state index contributed by atoms with van der Waals surface area (Å²) in [5.41, 5.74) is 5.70. The Morgan fingerprint density at radius 3 is 2.73 bits per heavy atom. The van der Waals surface area contributed by atoms with E-state index in [2.05, 4.69) is 4.98 Å². The van der Waals surface area contributed by atoms with Gasteiger partial charge in [0, 0.05) is 12.5 Å². The maximum Gasteiger partial charge on any atom is 0.364 e. The number of carbonyl (C=O) groups excluding carboxylic acids is 1. The van der Waals surface area contributed by atoms with E-state index in [0.29, 0.717) is 12.1 Å². The third-order valence-electron chi connectivity index (χ3n) is 1.84. The van der Waals surface area contributed by atoms with Crippen LogP contribution < -0.4 is 5.73 Å². The van der Waals surface area contributed by atoms with E-state index >= 15 is 0 Å². The number of hydrogen-bond acceptors (Lipinski definition) is 4. The summed E-state index contributed by atoms with van der Waals surface area (Å²) in [6.45, 7) is 1.92. The zero-order valence-corrected chi connectivity index (χ0v) is 8.27. The number of carbonyl (C=O) groups is 1. The summed E-state index contributed by atoms with van der Waals surface area (Å²) in [5.74, 6) is -1.02. The van der Waals surface area contributed by atoms with E-state index in [4.69, 9.17) is 5.73 Å². The van der Waals surface area contributed by atoms with Gasteiger partial charge in [0.15, 0.2) is 5.69 Å². The first-order valence-corrected chi connectivity index (χ1v) is 4.49. The molecule has 0 spiro atoms. The number of nitrogens with zero attached hydrogens (tertiary/aromatic N) is 2. The summed E-state index contributed by atoms with van der Waals surface area (Å²) in [5, 5.41) is 10.5. The Labute approximate surface area is 86.3 Å². The maximum absolute atomic E-state index is 10.9. The van der Waals surface area contributed by atoms with Crippen LogP contribution in [0.4, 0.5) is 5.82 Å². The lowest BCUT2D eigenvalue weighted by Gasteiger charge is -1.98. The van der Waals surface area contributed by atoms with E-state index in [1.54, 1.807) is 0 Å². The van der Waals surface area contributed by atoms with Crippen molar-refractivity contribution in [3.63, 3.8) is 0 Å². The summed E-state index contributed by atoms with van der Waals surface area (Å²) in [6.07, 6.45) is 1.38. The van der Waals surface area contributed by atoms with Crippen LogP contribution in [0.2, 0.25) is 0 Å². The molecule has 0 bridgehead atoms. The predicted molar refractivity (Wildman–Crippen MR) is 53.4 cm³/mol. The minimum atomic E-state index is -0.683. The number of aryl methyl sites for hydroxylation is 1. The molecule has 0 saturated heterocycles. The molecule has 0 unspecified atom stereocenters. The molecule has 1 aromatic heterocycles. The van der Waals surface area contributed by atoms with Gasteiger partial charge in [-0.3, -0.25) is 4.79 Å². The Kier molecular flexibility index (Phi) is 3.33. The predicted octanol–water partition coefficient (Wildman–Crippen LogP) is 1.04. The van der Waals surface area contributed by atoms with Crippen molar-refractivity contribution in [1.82, 2.24) is 4.98 Å². The molecule has 6 nitrogen and oxygen atoms in total. The normalized spacial score (nSPS) is 9.93. The quantitative estimate of drug-likeness (QED) is 0.591. The summed E-state index contributed by atoms with van der Waals surface area (Å²) in [6, 6.07) is 2.57. The molecule has 1 rings (SSSR count). The SMILES string of the molecule is CCCc1cc(C(N)=O)cc([N+](=O)[O-])n1. The second kappa shape index (κ2) is 4.50. The molecule has 6 heteroatoms. The first kappa shape index (κ1) is 11.1. The van der Waals surface area contributed by atoms with E-state index in [1.165, 1.54) is 6.07 Å². The lowest BCUT2D eigenvalue weighted by atomic mass is 10.1. The standard InChI is InChI=1S/C9H11N3O3/c1-2-3-7-4-6(9(10)13)5-8(11-7)12(14)15/h4-5H,2-3H2,1H3,(H2,10,13). The number of aromatic nitrogens is 1. The highest BCUT2D eigenvalue weighted by Gasteiger charge is 2.15. The van der Waals surface area contributed by atoms with E-state index < -0.39 is 10.8 Å². The third kappa shape index (κ3) is 2.73. The largest absolute Gasteiger partial charge is 0.366 e. The zero-order valence-electron chi connectivity index (χ0n) is 8.27. The van der Waals surface area contributed by atoms with E-state index in [-0.39, 0.29) is 11.4 Å². The molecule has 1 aromatic rings. The first-order valence-electron chi connectivity index (χ1n) is 4.49. The van der Waals surface area contributed by atoms with Gasteiger partial charge >= 0.3 is 5.82 Å². The Bertz CT molecular complexity index is 371. The van der Waals surface area contributed by atoms with Crippen molar-refractivity contribution in [3.8, 4) is 0 Å². The van der Waals surface area contributed by atoms with Gasteiger partial charge in [0.25, 0.3) is 0 Å². The fourth-order valence-corrected chi connectivity index (χ4v) is 1.19.